The number of alkyl halides is 3. The number of carbonyl (C=O) groups is 1. The fourth-order valence-electron chi connectivity index (χ4n) is 0.546. The fraction of sp³-hybridized carbons (Fsp3) is 0.857. The van der Waals surface area contributed by atoms with E-state index in [0.717, 1.165) is 0 Å². The Kier molecular flexibility index (Phi) is 3.71. The molecule has 3 N–H and O–H groups in total. The quantitative estimate of drug-likeness (QED) is 0.704. The van der Waals surface area contributed by atoms with E-state index in [9.17, 15) is 18.0 Å². The predicted octanol–water partition coefficient (Wildman–Crippen LogP) is 0.792. The molecule has 0 saturated carbocycles. The van der Waals surface area contributed by atoms with Crippen LogP contribution in [0.4, 0.5) is 13.2 Å². The lowest BCUT2D eigenvalue weighted by atomic mass is 10.1. The molecule has 0 rings (SSSR count). The second-order valence-electron chi connectivity index (χ2n) is 3.34. The average molecular weight is 198 g/mol. The van der Waals surface area contributed by atoms with E-state index < -0.39 is 30.6 Å². The van der Waals surface area contributed by atoms with E-state index >= 15 is 0 Å². The summed E-state index contributed by atoms with van der Waals surface area (Å²) in [4.78, 5) is 10.9. The number of rotatable bonds is 3. The van der Waals surface area contributed by atoms with Crippen LogP contribution in [0.3, 0.4) is 0 Å². The van der Waals surface area contributed by atoms with Crippen molar-refractivity contribution in [2.45, 2.75) is 32.0 Å². The molecule has 0 atom stereocenters. The number of carbonyl (C=O) groups excluding carboxylic acids is 1. The zero-order chi connectivity index (χ0) is 10.7. The van der Waals surface area contributed by atoms with Gasteiger partial charge in [-0.2, -0.15) is 13.2 Å². The third-order valence-electron chi connectivity index (χ3n) is 1.28. The van der Waals surface area contributed by atoms with Crippen molar-refractivity contribution in [1.82, 2.24) is 5.32 Å². The lowest BCUT2D eigenvalue weighted by Gasteiger charge is -2.17. The van der Waals surface area contributed by atoms with E-state index in [4.69, 9.17) is 5.73 Å². The highest BCUT2D eigenvalue weighted by Crippen LogP contribution is 2.18. The maximum Gasteiger partial charge on any atom is 0.390 e. The molecule has 6 heteroatoms. The van der Waals surface area contributed by atoms with Crippen molar-refractivity contribution in [2.75, 3.05) is 6.54 Å². The van der Waals surface area contributed by atoms with E-state index in [2.05, 4.69) is 5.32 Å². The van der Waals surface area contributed by atoms with Gasteiger partial charge in [-0.15, -0.1) is 0 Å². The molecule has 0 aliphatic rings. The summed E-state index contributed by atoms with van der Waals surface area (Å²) in [5.74, 6) is -0.586. The topological polar surface area (TPSA) is 55.1 Å². The molecule has 3 nitrogen and oxygen atoms in total. The zero-order valence-corrected chi connectivity index (χ0v) is 7.53. The van der Waals surface area contributed by atoms with Gasteiger partial charge in [0.1, 0.15) is 0 Å². The van der Waals surface area contributed by atoms with Gasteiger partial charge in [-0.3, -0.25) is 4.79 Å². The molecule has 0 unspecified atom stereocenters. The first-order valence-electron chi connectivity index (χ1n) is 3.77. The normalized spacial score (nSPS) is 12.8. The predicted molar refractivity (Wildman–Crippen MR) is 41.9 cm³/mol. The van der Waals surface area contributed by atoms with E-state index in [1.54, 1.807) is 0 Å². The van der Waals surface area contributed by atoms with Crippen LogP contribution >= 0.6 is 0 Å². The highest BCUT2D eigenvalue weighted by Gasteiger charge is 2.28. The summed E-state index contributed by atoms with van der Waals surface area (Å²) < 4.78 is 34.9. The first-order chi connectivity index (χ1) is 5.63. The molecule has 0 spiro atoms. The maximum atomic E-state index is 11.6. The molecule has 0 aliphatic carbocycles. The van der Waals surface area contributed by atoms with Crippen molar-refractivity contribution < 1.29 is 18.0 Å². The monoisotopic (exact) mass is 198 g/mol. The third kappa shape index (κ3) is 6.39. The van der Waals surface area contributed by atoms with Crippen LogP contribution in [0, 0.1) is 0 Å². The third-order valence-corrected chi connectivity index (χ3v) is 1.28. The summed E-state index contributed by atoms with van der Waals surface area (Å²) in [5, 5.41) is 2.10. The van der Waals surface area contributed by atoms with Gasteiger partial charge in [-0.05, 0) is 13.8 Å². The van der Waals surface area contributed by atoms with Crippen LogP contribution in [0.1, 0.15) is 20.3 Å². The van der Waals surface area contributed by atoms with Crippen LogP contribution in [0.25, 0.3) is 0 Å². The molecule has 78 valence electrons. The van der Waals surface area contributed by atoms with Crippen LogP contribution in [-0.2, 0) is 4.79 Å². The Morgan fingerprint density at radius 2 is 1.85 bits per heavy atom. The summed E-state index contributed by atoms with van der Waals surface area (Å²) >= 11 is 0. The molecule has 1 amide bonds. The largest absolute Gasteiger partial charge is 0.390 e. The lowest BCUT2D eigenvalue weighted by Crippen LogP contribution is -2.49. The molecular formula is C7H13F3N2O. The Hall–Kier alpha value is -0.780. The number of nitrogens with two attached hydrogens (primary N) is 1. The SMILES string of the molecule is CC(C)(N)C(=O)NCCC(F)(F)F. The van der Waals surface area contributed by atoms with Crippen LogP contribution in [0.5, 0.6) is 0 Å². The molecule has 0 aromatic rings. The summed E-state index contributed by atoms with van der Waals surface area (Å²) in [6.07, 6.45) is -5.28. The van der Waals surface area contributed by atoms with Crippen LogP contribution in [-0.4, -0.2) is 24.2 Å². The van der Waals surface area contributed by atoms with Gasteiger partial charge in [-0.25, -0.2) is 0 Å². The number of nitrogens with one attached hydrogen (secondary N) is 1. The summed E-state index contributed by atoms with van der Waals surface area (Å²) in [5.41, 5.74) is 4.20. The fourth-order valence-corrected chi connectivity index (χ4v) is 0.546. The van der Waals surface area contributed by atoms with Gasteiger partial charge < -0.3 is 11.1 Å². The second-order valence-corrected chi connectivity index (χ2v) is 3.34. The van der Waals surface area contributed by atoms with Gasteiger partial charge >= 0.3 is 6.18 Å². The van der Waals surface area contributed by atoms with E-state index in [-0.39, 0.29) is 0 Å². The Morgan fingerprint density at radius 1 is 1.38 bits per heavy atom. The Bertz CT molecular complexity index is 183. The first kappa shape index (κ1) is 12.2. The summed E-state index contributed by atoms with van der Waals surface area (Å²) in [6, 6.07) is 0. The van der Waals surface area contributed by atoms with Crippen molar-refractivity contribution in [3.05, 3.63) is 0 Å². The second kappa shape index (κ2) is 3.95. The van der Waals surface area contributed by atoms with E-state index in [0.29, 0.717) is 0 Å². The summed E-state index contributed by atoms with van der Waals surface area (Å²) in [7, 11) is 0. The highest BCUT2D eigenvalue weighted by molar-refractivity contribution is 5.84. The lowest BCUT2D eigenvalue weighted by molar-refractivity contribution is -0.136. The molecule has 0 aromatic heterocycles. The van der Waals surface area contributed by atoms with Crippen LogP contribution < -0.4 is 11.1 Å². The molecule has 0 bridgehead atoms. The Morgan fingerprint density at radius 3 is 2.15 bits per heavy atom. The van der Waals surface area contributed by atoms with Crippen LogP contribution in [0.2, 0.25) is 0 Å². The molecule has 13 heavy (non-hydrogen) atoms. The Balaban J connectivity index is 3.74. The molecule has 0 radical (unpaired) electrons. The van der Waals surface area contributed by atoms with Gasteiger partial charge in [0.25, 0.3) is 0 Å². The van der Waals surface area contributed by atoms with Crippen molar-refractivity contribution in [3.63, 3.8) is 0 Å². The van der Waals surface area contributed by atoms with Gasteiger partial charge in [0.15, 0.2) is 0 Å². The highest BCUT2D eigenvalue weighted by atomic mass is 19.4. The number of hydrogen-bond acceptors (Lipinski definition) is 2. The summed E-state index contributed by atoms with van der Waals surface area (Å²) in [6.45, 7) is 2.43. The smallest absolute Gasteiger partial charge is 0.354 e. The van der Waals surface area contributed by atoms with Gasteiger partial charge in [0.05, 0.1) is 12.0 Å². The molecule has 0 saturated heterocycles. The number of hydrogen-bond donors (Lipinski definition) is 2. The molecular weight excluding hydrogens is 185 g/mol. The van der Waals surface area contributed by atoms with Crippen molar-refractivity contribution >= 4 is 5.91 Å². The molecule has 0 aromatic carbocycles. The Labute approximate surface area is 74.5 Å². The van der Waals surface area contributed by atoms with Crippen molar-refractivity contribution in [3.8, 4) is 0 Å². The number of halogens is 3. The van der Waals surface area contributed by atoms with Gasteiger partial charge in [-0.1, -0.05) is 0 Å². The zero-order valence-electron chi connectivity index (χ0n) is 7.53. The minimum Gasteiger partial charge on any atom is -0.354 e. The standard InChI is InChI=1S/C7H13F3N2O/c1-6(2,11)5(13)12-4-3-7(8,9)10/h3-4,11H2,1-2H3,(H,12,13). The minimum absolute atomic E-state index is 0.428. The van der Waals surface area contributed by atoms with Crippen molar-refractivity contribution in [2.24, 2.45) is 5.73 Å². The van der Waals surface area contributed by atoms with Gasteiger partial charge in [0.2, 0.25) is 5.91 Å². The average Bonchev–Trinajstić information content (AvgIpc) is 1.82. The number of amides is 1. The molecule has 0 aliphatic heterocycles. The van der Waals surface area contributed by atoms with E-state index in [1.165, 1.54) is 13.8 Å². The van der Waals surface area contributed by atoms with Gasteiger partial charge in [0, 0.05) is 6.54 Å². The molecule has 0 heterocycles. The van der Waals surface area contributed by atoms with E-state index in [1.807, 2.05) is 0 Å². The minimum atomic E-state index is -4.24. The first-order valence-corrected chi connectivity index (χ1v) is 3.77. The van der Waals surface area contributed by atoms with Crippen molar-refractivity contribution in [1.29, 1.82) is 0 Å². The maximum absolute atomic E-state index is 11.6. The van der Waals surface area contributed by atoms with Crippen LogP contribution in [0.15, 0.2) is 0 Å². The molecule has 0 fully saturated rings.